The van der Waals surface area contributed by atoms with Gasteiger partial charge in [-0.3, -0.25) is 0 Å². The fraction of sp³-hybridized carbons (Fsp3) is 0.556. The predicted molar refractivity (Wildman–Crippen MR) is 186 cm³/mol. The molecular formula is C36H52Cl4Zr2. The van der Waals surface area contributed by atoms with E-state index < -0.39 is 0 Å². The minimum absolute atomic E-state index is 0. The van der Waals surface area contributed by atoms with Crippen molar-refractivity contribution in [2.45, 2.75) is 88.3 Å². The van der Waals surface area contributed by atoms with Crippen LogP contribution in [0, 0.1) is 35.5 Å². The zero-order valence-electron chi connectivity index (χ0n) is 26.7. The first kappa shape index (κ1) is 42.8. The molecule has 232 valence electrons. The van der Waals surface area contributed by atoms with E-state index in [1.165, 1.54) is 48.0 Å². The molecule has 8 unspecified atom stereocenters. The summed E-state index contributed by atoms with van der Waals surface area (Å²) >= 11 is 3.47. The molecule has 0 radical (unpaired) electrons. The Balaban J connectivity index is 0.000000606. The van der Waals surface area contributed by atoms with Crippen LogP contribution in [0.1, 0.15) is 81.1 Å². The molecule has 6 aliphatic carbocycles. The molecule has 0 nitrogen and oxygen atoms in total. The van der Waals surface area contributed by atoms with Crippen molar-refractivity contribution in [2.24, 2.45) is 35.5 Å². The van der Waals surface area contributed by atoms with Crippen molar-refractivity contribution < 1.29 is 49.4 Å². The van der Waals surface area contributed by atoms with E-state index in [9.17, 15) is 0 Å². The van der Waals surface area contributed by atoms with Crippen molar-refractivity contribution in [3.8, 4) is 0 Å². The summed E-state index contributed by atoms with van der Waals surface area (Å²) in [5.74, 6) is 4.79. The van der Waals surface area contributed by atoms with Crippen molar-refractivity contribution in [3.05, 3.63) is 93.2 Å². The van der Waals surface area contributed by atoms with E-state index in [1.54, 1.807) is 71.7 Å². The van der Waals surface area contributed by atoms with Gasteiger partial charge in [0.05, 0.1) is 0 Å². The molecule has 0 saturated heterocycles. The van der Waals surface area contributed by atoms with E-state index >= 15 is 0 Å². The Morgan fingerprint density at radius 2 is 0.786 bits per heavy atom. The topological polar surface area (TPSA) is 0 Å². The van der Waals surface area contributed by atoms with Crippen molar-refractivity contribution in [3.63, 3.8) is 0 Å². The van der Waals surface area contributed by atoms with Crippen LogP contribution in [0.15, 0.2) is 93.2 Å². The minimum atomic E-state index is 0. The van der Waals surface area contributed by atoms with Gasteiger partial charge in [0, 0.05) is 11.8 Å². The zero-order chi connectivity index (χ0) is 27.7. The molecule has 0 spiro atoms. The van der Waals surface area contributed by atoms with Crippen LogP contribution >= 0.6 is 49.6 Å². The standard InChI is InChI=1S/C18H26.2C9H11.4ClH.2Zr/c1-9-10(2)14(6)17(13(9)5)18-15(7)11(3)12(4)16(18)8;2*1-2-5-9-7-3-6-8(9)4-1;;;;;;/h13,15H,1-8H3;2*1-2,4-6,8-9H,3,7H2;4*1H;;. The summed E-state index contributed by atoms with van der Waals surface area (Å²) in [7, 11) is 0. The molecule has 42 heavy (non-hydrogen) atoms. The van der Waals surface area contributed by atoms with Crippen LogP contribution in [0.25, 0.3) is 0 Å². The first-order chi connectivity index (χ1) is 18.0. The molecule has 6 aliphatic rings. The Kier molecular flexibility index (Phi) is 19.2. The molecule has 0 amide bonds. The molecule has 0 aliphatic heterocycles. The summed E-state index contributed by atoms with van der Waals surface area (Å²) in [6.45, 7) is 18.5. The van der Waals surface area contributed by atoms with Crippen LogP contribution < -0.4 is 0 Å². The van der Waals surface area contributed by atoms with E-state index in [0.29, 0.717) is 11.8 Å². The quantitative estimate of drug-likeness (QED) is 0.248. The van der Waals surface area contributed by atoms with Crippen LogP contribution in [0.4, 0.5) is 0 Å². The second-order valence-electron chi connectivity index (χ2n) is 12.5. The fourth-order valence-electron chi connectivity index (χ4n) is 7.51. The van der Waals surface area contributed by atoms with E-state index in [0.717, 1.165) is 30.9 Å². The Morgan fingerprint density at radius 1 is 0.476 bits per heavy atom. The predicted octanol–water partition coefficient (Wildman–Crippen LogP) is 12.2. The first-order valence-electron chi connectivity index (χ1n) is 14.9. The molecule has 2 saturated carbocycles. The van der Waals surface area contributed by atoms with Crippen molar-refractivity contribution >= 4 is 49.6 Å². The number of hydrogen-bond acceptors (Lipinski definition) is 0. The van der Waals surface area contributed by atoms with Crippen molar-refractivity contribution in [1.29, 1.82) is 0 Å². The molecule has 2 fully saturated rings. The third-order valence-electron chi connectivity index (χ3n) is 10.7. The molecule has 0 bridgehead atoms. The zero-order valence-corrected chi connectivity index (χ0v) is 34.9. The van der Waals surface area contributed by atoms with E-state index in [4.69, 9.17) is 0 Å². The fourth-order valence-corrected chi connectivity index (χ4v) is 10.1. The maximum absolute atomic E-state index is 2.40. The number of allylic oxidation sites excluding steroid dienone is 16. The molecule has 6 heteroatoms. The number of hydrogen-bond donors (Lipinski definition) is 0. The molecular weight excluding hydrogens is 757 g/mol. The molecule has 6 rings (SSSR count). The summed E-state index contributed by atoms with van der Waals surface area (Å²) in [5.41, 5.74) is 12.4. The molecule has 0 aromatic carbocycles. The Morgan fingerprint density at radius 3 is 1.05 bits per heavy atom. The summed E-state index contributed by atoms with van der Waals surface area (Å²) < 4.78 is 2.02. The number of rotatable bonds is 1. The summed E-state index contributed by atoms with van der Waals surface area (Å²) in [6.07, 6.45) is 24.2. The van der Waals surface area contributed by atoms with Gasteiger partial charge in [0.25, 0.3) is 0 Å². The second-order valence-corrected chi connectivity index (χ2v) is 16.2. The molecule has 0 aromatic heterocycles. The van der Waals surface area contributed by atoms with Crippen LogP contribution in [0.3, 0.4) is 0 Å². The molecule has 0 heterocycles. The average Bonchev–Trinajstić information content (AvgIpc) is 3.60. The first-order valence-corrected chi connectivity index (χ1v) is 17.8. The van der Waals surface area contributed by atoms with Crippen LogP contribution in [0.2, 0.25) is 7.25 Å². The van der Waals surface area contributed by atoms with E-state index in [1.807, 2.05) is 0 Å². The van der Waals surface area contributed by atoms with Gasteiger partial charge in [-0.2, -0.15) is 0 Å². The van der Waals surface area contributed by atoms with Gasteiger partial charge in [-0.05, 0) is 75.0 Å². The van der Waals surface area contributed by atoms with Crippen LogP contribution in [0.5, 0.6) is 0 Å². The Bertz CT molecular complexity index is 1090. The van der Waals surface area contributed by atoms with Gasteiger partial charge in [0.2, 0.25) is 0 Å². The molecule has 0 aromatic rings. The van der Waals surface area contributed by atoms with Crippen molar-refractivity contribution in [2.75, 3.05) is 0 Å². The van der Waals surface area contributed by atoms with Gasteiger partial charge in [-0.15, -0.1) is 49.6 Å². The number of fused-ring (bicyclic) bond motifs is 2. The summed E-state index contributed by atoms with van der Waals surface area (Å²) in [6, 6.07) is 0. The van der Waals surface area contributed by atoms with Gasteiger partial charge in [-0.1, -0.05) is 25.0 Å². The van der Waals surface area contributed by atoms with Gasteiger partial charge >= 0.3 is 155 Å². The van der Waals surface area contributed by atoms with Crippen LogP contribution in [-0.4, -0.2) is 0 Å². The number of halogens is 4. The normalized spacial score (nSPS) is 33.4. The van der Waals surface area contributed by atoms with Gasteiger partial charge in [-0.25, -0.2) is 0 Å². The third-order valence-corrected chi connectivity index (χ3v) is 14.0. The van der Waals surface area contributed by atoms with Gasteiger partial charge in [0.15, 0.2) is 0 Å². The third kappa shape index (κ3) is 9.01. The van der Waals surface area contributed by atoms with E-state index in [2.05, 4.69) is 104 Å². The molecule has 8 atom stereocenters. The van der Waals surface area contributed by atoms with Gasteiger partial charge in [0.1, 0.15) is 0 Å². The van der Waals surface area contributed by atoms with E-state index in [-0.39, 0.29) is 49.6 Å². The van der Waals surface area contributed by atoms with Crippen LogP contribution in [-0.2, 0) is 49.4 Å². The maximum atomic E-state index is 2.40. The Labute approximate surface area is 313 Å². The average molecular weight is 809 g/mol. The Hall–Kier alpha value is 0.846. The van der Waals surface area contributed by atoms with Crippen molar-refractivity contribution in [1.82, 2.24) is 0 Å². The second kappa shape index (κ2) is 18.9. The SMILES string of the molecule is CC1=C(C)C(C)C(C2=C(C)C(C)=C(C)C2C)=C1C.Cl.Cl.Cl.Cl.[Zr][CH]1CCC2C=CC=CC12.[Zr][CH]1CCC2C=CC=CC12. The molecule has 0 N–H and O–H groups in total. The monoisotopic (exact) mass is 804 g/mol. The summed E-state index contributed by atoms with van der Waals surface area (Å²) in [5, 5.41) is 0. The summed E-state index contributed by atoms with van der Waals surface area (Å²) in [4.78, 5) is 0. The van der Waals surface area contributed by atoms with Gasteiger partial charge < -0.3 is 0 Å².